The Hall–Kier alpha value is -2.26. The Morgan fingerprint density at radius 2 is 1.83 bits per heavy atom. The van der Waals surface area contributed by atoms with E-state index in [1.165, 1.54) is 5.56 Å². The molecule has 5 rings (SSSR count). The molecule has 1 aliphatic carbocycles. The van der Waals surface area contributed by atoms with E-state index < -0.39 is 5.79 Å². The van der Waals surface area contributed by atoms with Crippen LogP contribution in [0.15, 0.2) is 30.5 Å². The van der Waals surface area contributed by atoms with E-state index in [1.54, 1.807) is 6.20 Å². The van der Waals surface area contributed by atoms with Crippen molar-refractivity contribution >= 4 is 11.6 Å². The van der Waals surface area contributed by atoms with Crippen LogP contribution in [0.3, 0.4) is 0 Å². The van der Waals surface area contributed by atoms with Crippen molar-refractivity contribution in [1.82, 2.24) is 15.3 Å². The van der Waals surface area contributed by atoms with E-state index >= 15 is 0 Å². The molecule has 2 saturated heterocycles. The minimum atomic E-state index is -0.463. The van der Waals surface area contributed by atoms with Crippen LogP contribution in [0.25, 0.3) is 11.3 Å². The number of hydrogen-bond donors (Lipinski definition) is 3. The van der Waals surface area contributed by atoms with Gasteiger partial charge in [0.1, 0.15) is 11.6 Å². The van der Waals surface area contributed by atoms with Gasteiger partial charge in [-0.15, -0.1) is 0 Å². The molecule has 2 aromatic rings. The van der Waals surface area contributed by atoms with E-state index in [0.29, 0.717) is 30.3 Å². The van der Waals surface area contributed by atoms with Gasteiger partial charge >= 0.3 is 0 Å². The van der Waals surface area contributed by atoms with E-state index in [-0.39, 0.29) is 6.10 Å². The molecule has 0 bridgehead atoms. The number of nitrogens with two attached hydrogens (primary N) is 1. The Labute approximate surface area is 214 Å². The molecule has 4 heterocycles. The average Bonchev–Trinajstić information content (AvgIpc) is 3.25. The first kappa shape index (κ1) is 25.4. The van der Waals surface area contributed by atoms with Crippen LogP contribution < -0.4 is 16.4 Å². The van der Waals surface area contributed by atoms with Gasteiger partial charge in [-0.05, 0) is 88.0 Å². The largest absolute Gasteiger partial charge is 0.384 e. The third kappa shape index (κ3) is 6.54. The van der Waals surface area contributed by atoms with Gasteiger partial charge in [0.15, 0.2) is 5.79 Å². The third-order valence-electron chi connectivity index (χ3n) is 7.76. The van der Waals surface area contributed by atoms with E-state index in [9.17, 15) is 0 Å². The van der Waals surface area contributed by atoms with Crippen molar-refractivity contribution < 1.29 is 14.2 Å². The summed E-state index contributed by atoms with van der Waals surface area (Å²) in [5.74, 6) is 2.10. The van der Waals surface area contributed by atoms with Crippen molar-refractivity contribution in [2.75, 3.05) is 44.0 Å². The summed E-state index contributed by atoms with van der Waals surface area (Å²) in [5, 5.41) is 7.30. The quantitative estimate of drug-likeness (QED) is 0.497. The number of hydrogen-bond acceptors (Lipinski definition) is 8. The molecule has 2 aliphatic heterocycles. The molecule has 196 valence electrons. The van der Waals surface area contributed by atoms with Crippen LogP contribution in [0.4, 0.5) is 11.6 Å². The molecular weight excluding hydrogens is 454 g/mol. The van der Waals surface area contributed by atoms with Gasteiger partial charge in [-0.2, -0.15) is 0 Å². The van der Waals surface area contributed by atoms with Gasteiger partial charge < -0.3 is 30.6 Å². The molecule has 0 aromatic carbocycles. The van der Waals surface area contributed by atoms with Gasteiger partial charge in [-0.25, -0.2) is 9.97 Å². The third-order valence-corrected chi connectivity index (χ3v) is 7.76. The first-order valence-corrected chi connectivity index (χ1v) is 13.5. The van der Waals surface area contributed by atoms with Crippen molar-refractivity contribution in [3.05, 3.63) is 36.0 Å². The molecule has 0 unspecified atom stereocenters. The average molecular weight is 496 g/mol. The second kappa shape index (κ2) is 11.4. The topological polar surface area (TPSA) is 104 Å². The second-order valence-electron chi connectivity index (χ2n) is 10.9. The van der Waals surface area contributed by atoms with E-state index in [4.69, 9.17) is 24.9 Å². The molecule has 0 amide bonds. The van der Waals surface area contributed by atoms with E-state index in [1.807, 2.05) is 26.0 Å². The normalized spacial score (nSPS) is 26.7. The maximum atomic E-state index is 6.04. The standard InChI is InChI=1S/C28H41N5O3/c1-28(2)35-18-23(36-28)17-31-22-5-3-20(4-6-22)24-7-8-26(32-16-19-10-13-34-14-11-19)33-27(24)21-9-12-30-25(29)15-21/h7-9,12,15,19-20,22-23,31H,3-6,10-11,13-14,16-18H2,1-2H3,(H2,29,30)(H,32,33)/t20?,22?,23-/m1/s1. The number of anilines is 2. The first-order valence-electron chi connectivity index (χ1n) is 13.5. The van der Waals surface area contributed by atoms with E-state index in [0.717, 1.165) is 81.9 Å². The Kier molecular flexibility index (Phi) is 8.06. The number of ether oxygens (including phenoxy) is 3. The minimum absolute atomic E-state index is 0.131. The highest BCUT2D eigenvalue weighted by atomic mass is 16.7. The summed E-state index contributed by atoms with van der Waals surface area (Å²) in [6.07, 6.45) is 8.67. The molecule has 0 radical (unpaired) electrons. The Morgan fingerprint density at radius 3 is 2.56 bits per heavy atom. The molecule has 36 heavy (non-hydrogen) atoms. The summed E-state index contributed by atoms with van der Waals surface area (Å²) in [5.41, 5.74) is 9.41. The molecule has 1 saturated carbocycles. The fraction of sp³-hybridized carbons (Fsp3) is 0.643. The number of pyridine rings is 2. The zero-order valence-electron chi connectivity index (χ0n) is 21.7. The molecule has 0 spiro atoms. The second-order valence-corrected chi connectivity index (χ2v) is 10.9. The van der Waals surface area contributed by atoms with Crippen molar-refractivity contribution in [2.24, 2.45) is 5.92 Å². The van der Waals surface area contributed by atoms with Crippen LogP contribution in [0.2, 0.25) is 0 Å². The van der Waals surface area contributed by atoms with Crippen molar-refractivity contribution in [3.8, 4) is 11.3 Å². The number of rotatable bonds is 8. The zero-order valence-corrected chi connectivity index (χ0v) is 21.7. The van der Waals surface area contributed by atoms with Crippen LogP contribution in [-0.2, 0) is 14.2 Å². The van der Waals surface area contributed by atoms with Crippen LogP contribution in [0.5, 0.6) is 0 Å². The maximum absolute atomic E-state index is 6.04. The predicted octanol–water partition coefficient (Wildman–Crippen LogP) is 4.33. The highest BCUT2D eigenvalue weighted by molar-refractivity contribution is 5.68. The van der Waals surface area contributed by atoms with Crippen molar-refractivity contribution in [3.63, 3.8) is 0 Å². The summed E-state index contributed by atoms with van der Waals surface area (Å²) >= 11 is 0. The monoisotopic (exact) mass is 495 g/mol. The summed E-state index contributed by atoms with van der Waals surface area (Å²) in [7, 11) is 0. The fourth-order valence-electron chi connectivity index (χ4n) is 5.69. The molecule has 4 N–H and O–H groups in total. The van der Waals surface area contributed by atoms with E-state index in [2.05, 4.69) is 27.8 Å². The number of nitrogen functional groups attached to an aromatic ring is 1. The smallest absolute Gasteiger partial charge is 0.163 e. The molecule has 2 aromatic heterocycles. The number of aromatic nitrogens is 2. The lowest BCUT2D eigenvalue weighted by molar-refractivity contribution is -0.137. The highest BCUT2D eigenvalue weighted by Crippen LogP contribution is 2.38. The summed E-state index contributed by atoms with van der Waals surface area (Å²) in [6, 6.07) is 8.89. The van der Waals surface area contributed by atoms with Crippen molar-refractivity contribution in [2.45, 2.75) is 76.2 Å². The molecule has 8 heteroatoms. The van der Waals surface area contributed by atoms with Gasteiger partial charge in [0, 0.05) is 44.1 Å². The maximum Gasteiger partial charge on any atom is 0.163 e. The van der Waals surface area contributed by atoms with Gasteiger partial charge in [-0.1, -0.05) is 6.07 Å². The lowest BCUT2D eigenvalue weighted by Gasteiger charge is -2.31. The Morgan fingerprint density at radius 1 is 1.03 bits per heavy atom. The summed E-state index contributed by atoms with van der Waals surface area (Å²) in [4.78, 5) is 9.29. The number of nitrogens with one attached hydrogen (secondary N) is 2. The molecule has 8 nitrogen and oxygen atoms in total. The molecule has 3 fully saturated rings. The molecule has 1 atom stereocenters. The van der Waals surface area contributed by atoms with Crippen LogP contribution in [0.1, 0.15) is 63.9 Å². The zero-order chi connectivity index (χ0) is 25.0. The number of nitrogens with zero attached hydrogens (tertiary/aromatic N) is 2. The van der Waals surface area contributed by atoms with Crippen LogP contribution in [0, 0.1) is 5.92 Å². The summed E-state index contributed by atoms with van der Waals surface area (Å²) < 4.78 is 17.2. The highest BCUT2D eigenvalue weighted by Gasteiger charge is 2.33. The minimum Gasteiger partial charge on any atom is -0.384 e. The fourth-order valence-corrected chi connectivity index (χ4v) is 5.69. The molecular formula is C28H41N5O3. The van der Waals surface area contributed by atoms with Gasteiger partial charge in [-0.3, -0.25) is 0 Å². The lowest BCUT2D eigenvalue weighted by atomic mass is 9.80. The Bertz CT molecular complexity index is 1000. The Balaban J connectivity index is 1.24. The van der Waals surface area contributed by atoms with Gasteiger partial charge in [0.2, 0.25) is 0 Å². The summed E-state index contributed by atoms with van der Waals surface area (Å²) in [6.45, 7) is 8.10. The van der Waals surface area contributed by atoms with Crippen molar-refractivity contribution in [1.29, 1.82) is 0 Å². The first-order chi connectivity index (χ1) is 17.4. The van der Waals surface area contributed by atoms with Gasteiger partial charge in [0.05, 0.1) is 18.4 Å². The molecule has 3 aliphatic rings. The lowest BCUT2D eigenvalue weighted by Crippen LogP contribution is -2.39. The predicted molar refractivity (Wildman–Crippen MR) is 142 cm³/mol. The van der Waals surface area contributed by atoms with Crippen LogP contribution in [-0.4, -0.2) is 60.8 Å². The van der Waals surface area contributed by atoms with Crippen LogP contribution >= 0.6 is 0 Å². The SMILES string of the molecule is CC1(C)OC[C@@H](CNC2CCC(c3ccc(NCC4CCOCC4)nc3-c3ccnc(N)c3)CC2)O1. The van der Waals surface area contributed by atoms with Gasteiger partial charge in [0.25, 0.3) is 0 Å².